The minimum atomic E-state index is -1.01. The monoisotopic (exact) mass is 507 g/mol. The van der Waals surface area contributed by atoms with E-state index in [4.69, 9.17) is 0 Å². The van der Waals surface area contributed by atoms with Crippen LogP contribution < -0.4 is 0 Å². The Labute approximate surface area is 214 Å². The third-order valence-corrected chi connectivity index (χ3v) is 7.74. The Hall–Kier alpha value is -3.36. The number of nitrogens with zero attached hydrogens (tertiary/aromatic N) is 3. The lowest BCUT2D eigenvalue weighted by atomic mass is 9.94. The zero-order valence-electron chi connectivity index (χ0n) is 20.7. The van der Waals surface area contributed by atoms with Gasteiger partial charge in [0.1, 0.15) is 10.8 Å². The number of hydrogen-bond acceptors (Lipinski definition) is 6. The molecule has 36 heavy (non-hydrogen) atoms. The van der Waals surface area contributed by atoms with Crippen LogP contribution in [0, 0.1) is 12.7 Å². The number of aryl methyl sites for hydroxylation is 1. The predicted octanol–water partition coefficient (Wildman–Crippen LogP) is 5.57. The molecule has 1 aliphatic heterocycles. The molecule has 1 atom stereocenters. The second kappa shape index (κ2) is 11.1. The summed E-state index contributed by atoms with van der Waals surface area (Å²) in [4.78, 5) is 35.5. The van der Waals surface area contributed by atoms with Gasteiger partial charge in [-0.15, -0.1) is 11.3 Å². The Morgan fingerprint density at radius 2 is 1.78 bits per heavy atom. The molecule has 0 spiro atoms. The van der Waals surface area contributed by atoms with Crippen molar-refractivity contribution < 1.29 is 19.1 Å². The highest BCUT2D eigenvalue weighted by atomic mass is 32.1. The maximum atomic E-state index is 15.0. The number of ketones is 1. The second-order valence-corrected chi connectivity index (χ2v) is 9.69. The molecule has 1 N–H and O–H groups in total. The number of aliphatic hydroxyl groups excluding tert-OH is 1. The summed E-state index contributed by atoms with van der Waals surface area (Å²) in [7, 11) is 0. The number of hydrogen-bond donors (Lipinski definition) is 1. The van der Waals surface area contributed by atoms with Crippen LogP contribution in [-0.4, -0.2) is 57.8 Å². The van der Waals surface area contributed by atoms with E-state index in [1.54, 1.807) is 25.1 Å². The summed E-state index contributed by atoms with van der Waals surface area (Å²) < 4.78 is 15.0. The molecule has 0 aliphatic carbocycles. The first-order chi connectivity index (χ1) is 17.4. The second-order valence-electron chi connectivity index (χ2n) is 8.69. The van der Waals surface area contributed by atoms with E-state index in [9.17, 15) is 14.7 Å². The average molecular weight is 508 g/mol. The van der Waals surface area contributed by atoms with Crippen LogP contribution in [0.3, 0.4) is 0 Å². The third kappa shape index (κ3) is 4.96. The number of rotatable bonds is 10. The molecule has 2 heterocycles. The summed E-state index contributed by atoms with van der Waals surface area (Å²) in [6, 6.07) is 14.6. The highest BCUT2D eigenvalue weighted by Gasteiger charge is 2.45. The van der Waals surface area contributed by atoms with Crippen molar-refractivity contribution in [2.75, 3.05) is 26.2 Å². The van der Waals surface area contributed by atoms with E-state index in [0.717, 1.165) is 25.2 Å². The molecule has 1 amide bonds. The van der Waals surface area contributed by atoms with E-state index in [0.29, 0.717) is 22.0 Å². The summed E-state index contributed by atoms with van der Waals surface area (Å²) in [5.41, 5.74) is 1.46. The summed E-state index contributed by atoms with van der Waals surface area (Å²) in [5.74, 6) is -2.31. The molecule has 1 aromatic heterocycles. The standard InChI is InChI=1S/C28H30FN3O3S/c1-4-31(5-2)16-11-17-32-23(20-14-9-10-15-21(20)29)22(25(34)28(32)35)24(33)26-18(3)30-27(36-26)19-12-7-6-8-13-19/h6-10,12-15,23,34H,4-5,11,16-17H2,1-3H3. The van der Waals surface area contributed by atoms with Gasteiger partial charge in [-0.05, 0) is 39.0 Å². The molecule has 1 unspecified atom stereocenters. The Morgan fingerprint density at radius 1 is 1.11 bits per heavy atom. The fraction of sp³-hybridized carbons (Fsp3) is 0.321. The molecule has 188 valence electrons. The first-order valence-electron chi connectivity index (χ1n) is 12.2. The minimum absolute atomic E-state index is 0.0979. The molecule has 8 heteroatoms. The number of thiazole rings is 1. The van der Waals surface area contributed by atoms with E-state index in [-0.39, 0.29) is 17.7 Å². The van der Waals surface area contributed by atoms with Crippen LogP contribution in [0.15, 0.2) is 65.9 Å². The van der Waals surface area contributed by atoms with Crippen LogP contribution in [0.2, 0.25) is 0 Å². The third-order valence-electron chi connectivity index (χ3n) is 6.54. The smallest absolute Gasteiger partial charge is 0.290 e. The number of halogens is 1. The van der Waals surface area contributed by atoms with E-state index < -0.39 is 29.3 Å². The van der Waals surface area contributed by atoms with Gasteiger partial charge in [0, 0.05) is 17.7 Å². The number of amides is 1. The number of aromatic nitrogens is 1. The number of carbonyl (C=O) groups is 2. The lowest BCUT2D eigenvalue weighted by Gasteiger charge is -2.28. The minimum Gasteiger partial charge on any atom is -0.503 e. The molecule has 0 saturated heterocycles. The Balaban J connectivity index is 1.71. The summed E-state index contributed by atoms with van der Waals surface area (Å²) in [6.45, 7) is 8.65. The molecular formula is C28H30FN3O3S. The quantitative estimate of drug-likeness (QED) is 0.363. The molecule has 2 aromatic carbocycles. The van der Waals surface area contributed by atoms with Gasteiger partial charge < -0.3 is 14.9 Å². The normalized spacial score (nSPS) is 15.9. The van der Waals surface area contributed by atoms with Gasteiger partial charge in [0.2, 0.25) is 5.78 Å². The molecule has 0 radical (unpaired) electrons. The molecule has 0 saturated carbocycles. The fourth-order valence-corrected chi connectivity index (χ4v) is 5.60. The maximum Gasteiger partial charge on any atom is 0.290 e. The topological polar surface area (TPSA) is 73.7 Å². The van der Waals surface area contributed by atoms with Crippen LogP contribution in [-0.2, 0) is 4.79 Å². The van der Waals surface area contributed by atoms with Gasteiger partial charge in [-0.1, -0.05) is 62.4 Å². The zero-order valence-corrected chi connectivity index (χ0v) is 21.5. The summed E-state index contributed by atoms with van der Waals surface area (Å²) in [5, 5.41) is 11.6. The van der Waals surface area contributed by atoms with Crippen molar-refractivity contribution in [3.8, 4) is 10.6 Å². The SMILES string of the molecule is CCN(CC)CCCN1C(=O)C(O)=C(C(=O)c2sc(-c3ccccc3)nc2C)C1c1ccccc1F. The van der Waals surface area contributed by atoms with Crippen LogP contribution in [0.4, 0.5) is 4.39 Å². The Bertz CT molecular complexity index is 1280. The van der Waals surface area contributed by atoms with Gasteiger partial charge in [0.25, 0.3) is 5.91 Å². The summed E-state index contributed by atoms with van der Waals surface area (Å²) in [6.07, 6.45) is 0.630. The van der Waals surface area contributed by atoms with Crippen LogP contribution in [0.5, 0.6) is 0 Å². The average Bonchev–Trinajstić information content (AvgIpc) is 3.40. The van der Waals surface area contributed by atoms with Gasteiger partial charge >= 0.3 is 0 Å². The van der Waals surface area contributed by atoms with Crippen molar-refractivity contribution in [2.24, 2.45) is 0 Å². The first kappa shape index (κ1) is 25.7. The molecule has 0 bridgehead atoms. The van der Waals surface area contributed by atoms with Gasteiger partial charge in [0.05, 0.1) is 22.2 Å². The van der Waals surface area contributed by atoms with Crippen molar-refractivity contribution in [1.29, 1.82) is 0 Å². The van der Waals surface area contributed by atoms with Crippen LogP contribution in [0.1, 0.15) is 47.2 Å². The molecule has 1 aliphatic rings. The largest absolute Gasteiger partial charge is 0.503 e. The van der Waals surface area contributed by atoms with Crippen molar-refractivity contribution in [3.63, 3.8) is 0 Å². The van der Waals surface area contributed by atoms with E-state index in [1.807, 2.05) is 30.3 Å². The van der Waals surface area contributed by atoms with Crippen molar-refractivity contribution in [1.82, 2.24) is 14.8 Å². The predicted molar refractivity (Wildman–Crippen MR) is 140 cm³/mol. The Morgan fingerprint density at radius 3 is 2.44 bits per heavy atom. The molecule has 0 fully saturated rings. The highest BCUT2D eigenvalue weighted by Crippen LogP contribution is 2.41. The lowest BCUT2D eigenvalue weighted by Crippen LogP contribution is -2.35. The number of carbonyl (C=O) groups excluding carboxylic acids is 2. The van der Waals surface area contributed by atoms with Gasteiger partial charge in [0.15, 0.2) is 5.76 Å². The number of Topliss-reactive ketones (excluding diaryl/α,β-unsaturated/α-hetero) is 1. The van der Waals surface area contributed by atoms with E-state index >= 15 is 4.39 Å². The number of benzene rings is 2. The molecular weight excluding hydrogens is 477 g/mol. The summed E-state index contributed by atoms with van der Waals surface area (Å²) >= 11 is 1.21. The van der Waals surface area contributed by atoms with E-state index in [2.05, 4.69) is 23.7 Å². The number of aliphatic hydroxyl groups is 1. The fourth-order valence-electron chi connectivity index (χ4n) is 4.57. The van der Waals surface area contributed by atoms with Gasteiger partial charge in [-0.2, -0.15) is 0 Å². The highest BCUT2D eigenvalue weighted by molar-refractivity contribution is 7.17. The van der Waals surface area contributed by atoms with Crippen molar-refractivity contribution >= 4 is 23.0 Å². The first-order valence-corrected chi connectivity index (χ1v) is 13.0. The van der Waals surface area contributed by atoms with Crippen LogP contribution in [0.25, 0.3) is 10.6 Å². The molecule has 3 aromatic rings. The van der Waals surface area contributed by atoms with Gasteiger partial charge in [-0.25, -0.2) is 9.37 Å². The maximum absolute atomic E-state index is 15.0. The van der Waals surface area contributed by atoms with Crippen LogP contribution >= 0.6 is 11.3 Å². The molecule has 4 rings (SSSR count). The zero-order chi connectivity index (χ0) is 25.8. The van der Waals surface area contributed by atoms with Crippen molar-refractivity contribution in [2.45, 2.75) is 33.2 Å². The van der Waals surface area contributed by atoms with Crippen molar-refractivity contribution in [3.05, 3.63) is 87.9 Å². The Kier molecular flexibility index (Phi) is 7.96. The molecule has 6 nitrogen and oxygen atoms in total. The van der Waals surface area contributed by atoms with E-state index in [1.165, 1.54) is 22.3 Å². The lowest BCUT2D eigenvalue weighted by molar-refractivity contribution is -0.129. The van der Waals surface area contributed by atoms with Gasteiger partial charge in [-0.3, -0.25) is 9.59 Å².